The fourth-order valence-electron chi connectivity index (χ4n) is 6.66. The Morgan fingerprint density at radius 2 is 1.83 bits per heavy atom. The predicted molar refractivity (Wildman–Crippen MR) is 83.1 cm³/mol. The topological polar surface area (TPSA) is 37.3 Å². The molecule has 1 N–H and O–H groups in total. The number of allylic oxidation sites excluding steroid dienone is 1. The fraction of sp³-hybridized carbons (Fsp3) is 0.842. The van der Waals surface area contributed by atoms with Gasteiger partial charge in [-0.2, -0.15) is 13.2 Å². The van der Waals surface area contributed by atoms with Crippen LogP contribution in [0.3, 0.4) is 0 Å². The van der Waals surface area contributed by atoms with Gasteiger partial charge >= 0.3 is 6.18 Å². The summed E-state index contributed by atoms with van der Waals surface area (Å²) in [6, 6.07) is 0. The van der Waals surface area contributed by atoms with E-state index in [0.717, 1.165) is 25.7 Å². The van der Waals surface area contributed by atoms with E-state index in [-0.39, 0.29) is 24.0 Å². The second kappa shape index (κ2) is 5.09. The molecule has 0 radical (unpaired) electrons. The van der Waals surface area contributed by atoms with Crippen LogP contribution in [-0.4, -0.2) is 22.7 Å². The summed E-state index contributed by atoms with van der Waals surface area (Å²) in [7, 11) is 0. The third-order valence-electron chi connectivity index (χ3n) is 7.92. The van der Waals surface area contributed by atoms with Crippen LogP contribution in [0.2, 0.25) is 0 Å². The number of aliphatic hydroxyl groups is 1. The number of carbonyl (C=O) groups is 1. The normalized spacial score (nSPS) is 48.4. The Bertz CT molecular complexity index is 596. The van der Waals surface area contributed by atoms with Crippen molar-refractivity contribution in [2.75, 3.05) is 0 Å². The van der Waals surface area contributed by atoms with Crippen molar-refractivity contribution in [1.29, 1.82) is 0 Å². The minimum atomic E-state index is -4.56. The number of hydrogen-bond acceptors (Lipinski definition) is 2. The van der Waals surface area contributed by atoms with Crippen molar-refractivity contribution in [2.24, 2.45) is 29.1 Å². The zero-order chi connectivity index (χ0) is 17.3. The zero-order valence-corrected chi connectivity index (χ0v) is 14.0. The van der Waals surface area contributed by atoms with E-state index in [0.29, 0.717) is 31.1 Å². The third-order valence-corrected chi connectivity index (χ3v) is 7.92. The van der Waals surface area contributed by atoms with Crippen LogP contribution in [0.5, 0.6) is 0 Å². The van der Waals surface area contributed by atoms with Crippen LogP contribution in [0.25, 0.3) is 0 Å². The van der Waals surface area contributed by atoms with Gasteiger partial charge in [-0.05, 0) is 74.7 Å². The molecule has 3 saturated carbocycles. The van der Waals surface area contributed by atoms with E-state index >= 15 is 0 Å². The van der Waals surface area contributed by atoms with E-state index in [9.17, 15) is 23.1 Å². The van der Waals surface area contributed by atoms with Gasteiger partial charge in [0.1, 0.15) is 0 Å². The monoisotopic (exact) mass is 342 g/mol. The van der Waals surface area contributed by atoms with Gasteiger partial charge in [0.05, 0.1) is 0 Å². The van der Waals surface area contributed by atoms with Gasteiger partial charge in [0.15, 0.2) is 11.4 Å². The minimum Gasteiger partial charge on any atom is -0.380 e. The molecule has 134 valence electrons. The number of ketones is 1. The molecule has 0 amide bonds. The molecular formula is C19H25F3O2. The lowest BCUT2D eigenvalue weighted by atomic mass is 9.50. The summed E-state index contributed by atoms with van der Waals surface area (Å²) in [5, 5.41) is 10.6. The van der Waals surface area contributed by atoms with Crippen LogP contribution >= 0.6 is 0 Å². The molecule has 1 unspecified atom stereocenters. The van der Waals surface area contributed by atoms with Gasteiger partial charge in [0.25, 0.3) is 0 Å². The van der Waals surface area contributed by atoms with Gasteiger partial charge in [-0.3, -0.25) is 4.79 Å². The van der Waals surface area contributed by atoms with Gasteiger partial charge in [-0.15, -0.1) is 0 Å². The molecule has 0 heterocycles. The molecule has 4 rings (SSSR count). The van der Waals surface area contributed by atoms with Crippen LogP contribution in [0.1, 0.15) is 58.3 Å². The lowest BCUT2D eigenvalue weighted by molar-refractivity contribution is -0.302. The van der Waals surface area contributed by atoms with Crippen LogP contribution in [0.15, 0.2) is 11.6 Å². The highest BCUT2D eigenvalue weighted by molar-refractivity contribution is 5.91. The zero-order valence-electron chi connectivity index (χ0n) is 14.0. The number of halogens is 3. The molecule has 0 aromatic rings. The van der Waals surface area contributed by atoms with E-state index in [2.05, 4.69) is 0 Å². The average molecular weight is 342 g/mol. The molecular weight excluding hydrogens is 317 g/mol. The van der Waals surface area contributed by atoms with Crippen molar-refractivity contribution in [2.45, 2.75) is 70.1 Å². The van der Waals surface area contributed by atoms with E-state index in [1.165, 1.54) is 5.57 Å². The summed E-state index contributed by atoms with van der Waals surface area (Å²) in [5.41, 5.74) is -2.35. The van der Waals surface area contributed by atoms with Crippen molar-refractivity contribution in [1.82, 2.24) is 0 Å². The smallest absolute Gasteiger partial charge is 0.380 e. The molecule has 0 spiro atoms. The van der Waals surface area contributed by atoms with Crippen LogP contribution in [0, 0.1) is 29.1 Å². The Hall–Kier alpha value is -0.840. The second-order valence-corrected chi connectivity index (χ2v) is 8.66. The number of carbonyl (C=O) groups excluding carboxylic acids is 1. The summed E-state index contributed by atoms with van der Waals surface area (Å²) in [5.74, 6) is 1.18. The second-order valence-electron chi connectivity index (χ2n) is 8.66. The molecule has 5 heteroatoms. The Labute approximate surface area is 140 Å². The molecule has 0 saturated heterocycles. The van der Waals surface area contributed by atoms with E-state index in [1.807, 2.05) is 0 Å². The lowest BCUT2D eigenvalue weighted by Gasteiger charge is -2.55. The summed E-state index contributed by atoms with van der Waals surface area (Å²) in [4.78, 5) is 11.7. The number of hydrogen-bond donors (Lipinski definition) is 1. The average Bonchev–Trinajstić information content (AvgIpc) is 2.79. The van der Waals surface area contributed by atoms with E-state index in [4.69, 9.17) is 0 Å². The summed E-state index contributed by atoms with van der Waals surface area (Å²) < 4.78 is 40.8. The van der Waals surface area contributed by atoms with Crippen molar-refractivity contribution in [3.05, 3.63) is 11.6 Å². The maximum Gasteiger partial charge on any atom is 0.417 e. The Kier molecular flexibility index (Phi) is 3.52. The SMILES string of the molecule is C[C@]12CC[C@H]3[C@@H](CCC4=CC(=O)CC[C@@H]43)[C@@H]1CCC2(O)C(F)(F)F. The molecule has 0 bridgehead atoms. The van der Waals surface area contributed by atoms with Crippen molar-refractivity contribution >= 4 is 5.78 Å². The van der Waals surface area contributed by atoms with Crippen molar-refractivity contribution in [3.63, 3.8) is 0 Å². The highest BCUT2D eigenvalue weighted by Gasteiger charge is 2.71. The number of fused-ring (bicyclic) bond motifs is 5. The van der Waals surface area contributed by atoms with Crippen molar-refractivity contribution in [3.8, 4) is 0 Å². The summed E-state index contributed by atoms with van der Waals surface area (Å²) >= 11 is 0. The summed E-state index contributed by atoms with van der Waals surface area (Å²) in [6.45, 7) is 1.67. The van der Waals surface area contributed by atoms with Crippen LogP contribution in [-0.2, 0) is 4.79 Å². The molecule has 0 aromatic heterocycles. The van der Waals surface area contributed by atoms with Crippen LogP contribution in [0.4, 0.5) is 13.2 Å². The quantitative estimate of drug-likeness (QED) is 0.707. The first kappa shape index (κ1) is 16.6. The van der Waals surface area contributed by atoms with Gasteiger partial charge in [-0.25, -0.2) is 0 Å². The highest BCUT2D eigenvalue weighted by Crippen LogP contribution is 2.67. The molecule has 3 fully saturated rings. The molecule has 4 aliphatic carbocycles. The molecule has 6 atom stereocenters. The van der Waals surface area contributed by atoms with E-state index < -0.39 is 17.2 Å². The standard InChI is InChI=1S/C19H25F3O2/c1-17-8-6-14-13-5-3-12(23)10-11(13)2-4-15(14)16(17)7-9-18(17,24)19(20,21)22/h10,13-16,24H,2-9H2,1H3/t13-,14+,15+,16-,17-,18?/m0/s1. The first-order valence-corrected chi connectivity index (χ1v) is 9.20. The molecule has 4 aliphatic rings. The van der Waals surface area contributed by atoms with Gasteiger partial charge in [0, 0.05) is 11.8 Å². The first-order valence-electron chi connectivity index (χ1n) is 9.20. The molecule has 2 nitrogen and oxygen atoms in total. The molecule has 0 aromatic carbocycles. The molecule has 24 heavy (non-hydrogen) atoms. The minimum absolute atomic E-state index is 0.0537. The number of rotatable bonds is 0. The fourth-order valence-corrected chi connectivity index (χ4v) is 6.66. The number of alkyl halides is 3. The highest BCUT2D eigenvalue weighted by atomic mass is 19.4. The Morgan fingerprint density at radius 1 is 1.08 bits per heavy atom. The van der Waals surface area contributed by atoms with Gasteiger partial charge < -0.3 is 5.11 Å². The third kappa shape index (κ3) is 2.03. The Balaban J connectivity index is 1.65. The summed E-state index contributed by atoms with van der Waals surface area (Å²) in [6.07, 6.45) is 1.89. The van der Waals surface area contributed by atoms with Crippen molar-refractivity contribution < 1.29 is 23.1 Å². The maximum absolute atomic E-state index is 13.6. The first-order chi connectivity index (χ1) is 11.2. The van der Waals surface area contributed by atoms with Gasteiger partial charge in [-0.1, -0.05) is 12.5 Å². The maximum atomic E-state index is 13.6. The Morgan fingerprint density at radius 3 is 2.54 bits per heavy atom. The van der Waals surface area contributed by atoms with Gasteiger partial charge in [0.2, 0.25) is 0 Å². The van der Waals surface area contributed by atoms with E-state index in [1.54, 1.807) is 13.0 Å². The predicted octanol–water partition coefficient (Wildman–Crippen LogP) is 4.42. The molecule has 0 aliphatic heterocycles. The lowest BCUT2D eigenvalue weighted by Crippen LogP contribution is -2.59. The van der Waals surface area contributed by atoms with Crippen LogP contribution < -0.4 is 0 Å². The largest absolute Gasteiger partial charge is 0.417 e.